The van der Waals surface area contributed by atoms with E-state index in [1.165, 1.54) is 13.8 Å². The van der Waals surface area contributed by atoms with Gasteiger partial charge in [0.1, 0.15) is 15.0 Å². The number of hydrogen-bond donors (Lipinski definition) is 0. The largest absolute Gasteiger partial charge is 0.744 e. The summed E-state index contributed by atoms with van der Waals surface area (Å²) in [4.78, 5) is -2.15. The highest BCUT2D eigenvalue weighted by molar-refractivity contribution is 7.85. The first-order valence-electron chi connectivity index (χ1n) is 7.72. The highest BCUT2D eigenvalue weighted by Gasteiger charge is 2.37. The SMILES string of the molecule is CC(C)c1ccc(C(C)(C)c2c(F)c(F)c(S(=O)(=O)[O-])c(F)c2F)cc1. The molecule has 0 radical (unpaired) electrons. The lowest BCUT2D eigenvalue weighted by Gasteiger charge is -2.28. The van der Waals surface area contributed by atoms with Crippen molar-refractivity contribution in [3.63, 3.8) is 0 Å². The monoisotopic (exact) mass is 389 g/mol. The molecule has 0 fully saturated rings. The number of benzene rings is 2. The van der Waals surface area contributed by atoms with Crippen molar-refractivity contribution in [2.24, 2.45) is 0 Å². The highest BCUT2D eigenvalue weighted by atomic mass is 32.2. The van der Waals surface area contributed by atoms with Crippen molar-refractivity contribution in [2.75, 3.05) is 0 Å². The maximum Gasteiger partial charge on any atom is 0.179 e. The lowest BCUT2D eigenvalue weighted by atomic mass is 9.77. The Morgan fingerprint density at radius 2 is 1.31 bits per heavy atom. The summed E-state index contributed by atoms with van der Waals surface area (Å²) < 4.78 is 89.8. The standard InChI is InChI=1S/C18H18F4O3S/c1-9(2)10-5-7-11(8-6-10)18(3,4)12-13(19)15(21)17(26(23,24)25)16(22)14(12)20/h5-9H,1-4H3,(H,23,24,25)/p-1. The van der Waals surface area contributed by atoms with Crippen molar-refractivity contribution in [3.05, 3.63) is 64.2 Å². The molecule has 0 N–H and O–H groups in total. The van der Waals surface area contributed by atoms with Gasteiger partial charge in [-0.25, -0.2) is 26.0 Å². The van der Waals surface area contributed by atoms with Gasteiger partial charge in [0.15, 0.2) is 23.3 Å². The number of hydrogen-bond acceptors (Lipinski definition) is 3. The van der Waals surface area contributed by atoms with E-state index in [4.69, 9.17) is 0 Å². The first kappa shape index (κ1) is 20.4. The van der Waals surface area contributed by atoms with Crippen LogP contribution in [0.1, 0.15) is 50.3 Å². The first-order valence-corrected chi connectivity index (χ1v) is 9.13. The van der Waals surface area contributed by atoms with E-state index < -0.39 is 49.3 Å². The van der Waals surface area contributed by atoms with Crippen molar-refractivity contribution in [2.45, 2.75) is 43.9 Å². The van der Waals surface area contributed by atoms with E-state index in [2.05, 4.69) is 0 Å². The fourth-order valence-electron chi connectivity index (χ4n) is 2.81. The van der Waals surface area contributed by atoms with Gasteiger partial charge in [-0.3, -0.25) is 0 Å². The zero-order valence-electron chi connectivity index (χ0n) is 14.5. The highest BCUT2D eigenvalue weighted by Crippen LogP contribution is 2.39. The van der Waals surface area contributed by atoms with Crippen molar-refractivity contribution in [3.8, 4) is 0 Å². The van der Waals surface area contributed by atoms with Crippen LogP contribution in [0.4, 0.5) is 17.6 Å². The van der Waals surface area contributed by atoms with Gasteiger partial charge < -0.3 is 4.55 Å². The van der Waals surface area contributed by atoms with Crippen molar-refractivity contribution < 1.29 is 30.5 Å². The van der Waals surface area contributed by atoms with Crippen LogP contribution in [0.25, 0.3) is 0 Å². The Morgan fingerprint density at radius 1 is 0.885 bits per heavy atom. The van der Waals surface area contributed by atoms with Gasteiger partial charge in [0.25, 0.3) is 0 Å². The molecule has 2 rings (SSSR count). The molecule has 0 spiro atoms. The van der Waals surface area contributed by atoms with Gasteiger partial charge in [0, 0.05) is 11.0 Å². The topological polar surface area (TPSA) is 57.2 Å². The van der Waals surface area contributed by atoms with E-state index in [0.717, 1.165) is 5.56 Å². The average molecular weight is 389 g/mol. The molecule has 0 aliphatic heterocycles. The van der Waals surface area contributed by atoms with Gasteiger partial charge in [0.2, 0.25) is 0 Å². The minimum absolute atomic E-state index is 0.206. The molecular formula is C18H17F4O3S-. The molecule has 2 aromatic carbocycles. The Bertz CT molecular complexity index is 920. The summed E-state index contributed by atoms with van der Waals surface area (Å²) in [7, 11) is -5.73. The summed E-state index contributed by atoms with van der Waals surface area (Å²) in [5.41, 5.74) is -1.21. The molecule has 0 saturated heterocycles. The lowest BCUT2D eigenvalue weighted by Crippen LogP contribution is -2.26. The molecule has 2 aromatic rings. The fourth-order valence-corrected chi connectivity index (χ4v) is 3.43. The third-order valence-electron chi connectivity index (χ3n) is 4.40. The zero-order valence-corrected chi connectivity index (χ0v) is 15.3. The summed E-state index contributed by atoms with van der Waals surface area (Å²) in [6, 6.07) is 6.59. The van der Waals surface area contributed by atoms with Gasteiger partial charge in [-0.05, 0) is 17.0 Å². The molecule has 0 bridgehead atoms. The predicted molar refractivity (Wildman–Crippen MR) is 86.9 cm³/mol. The molecule has 0 atom stereocenters. The van der Waals surface area contributed by atoms with E-state index >= 15 is 0 Å². The minimum Gasteiger partial charge on any atom is -0.744 e. The second kappa shape index (κ2) is 6.66. The quantitative estimate of drug-likeness (QED) is 0.436. The average Bonchev–Trinajstić information content (AvgIpc) is 2.52. The lowest BCUT2D eigenvalue weighted by molar-refractivity contribution is 0.375. The van der Waals surface area contributed by atoms with Gasteiger partial charge in [-0.15, -0.1) is 0 Å². The molecule has 8 heteroatoms. The number of halogens is 4. The molecule has 26 heavy (non-hydrogen) atoms. The predicted octanol–water partition coefficient (Wildman–Crippen LogP) is 4.60. The van der Waals surface area contributed by atoms with Crippen LogP contribution in [-0.2, 0) is 15.5 Å². The van der Waals surface area contributed by atoms with E-state index in [-0.39, 0.29) is 5.92 Å². The third kappa shape index (κ3) is 3.35. The fraction of sp³-hybridized carbons (Fsp3) is 0.333. The van der Waals surface area contributed by atoms with Crippen LogP contribution in [0.5, 0.6) is 0 Å². The summed E-state index contributed by atoms with van der Waals surface area (Å²) >= 11 is 0. The molecule has 0 aromatic heterocycles. The van der Waals surface area contributed by atoms with E-state index in [0.29, 0.717) is 5.56 Å². The van der Waals surface area contributed by atoms with Crippen LogP contribution >= 0.6 is 0 Å². The van der Waals surface area contributed by atoms with Crippen molar-refractivity contribution in [1.82, 2.24) is 0 Å². The Kier molecular flexibility index (Phi) is 5.22. The van der Waals surface area contributed by atoms with Crippen LogP contribution in [0.15, 0.2) is 29.2 Å². The maximum atomic E-state index is 14.4. The van der Waals surface area contributed by atoms with Crippen molar-refractivity contribution in [1.29, 1.82) is 0 Å². The van der Waals surface area contributed by atoms with Gasteiger partial charge in [0.05, 0.1) is 0 Å². The van der Waals surface area contributed by atoms with E-state index in [1.54, 1.807) is 24.3 Å². The van der Waals surface area contributed by atoms with Crippen LogP contribution in [0.3, 0.4) is 0 Å². The second-order valence-electron chi connectivity index (χ2n) is 6.82. The summed E-state index contributed by atoms with van der Waals surface area (Å²) in [6.45, 7) is 6.57. The minimum atomic E-state index is -5.73. The third-order valence-corrected chi connectivity index (χ3v) is 5.26. The molecule has 3 nitrogen and oxygen atoms in total. The van der Waals surface area contributed by atoms with Crippen LogP contribution in [0, 0.1) is 23.3 Å². The smallest absolute Gasteiger partial charge is 0.179 e. The molecule has 0 saturated carbocycles. The maximum absolute atomic E-state index is 14.4. The van der Waals surface area contributed by atoms with E-state index in [1.807, 2.05) is 13.8 Å². The Balaban J connectivity index is 2.74. The van der Waals surface area contributed by atoms with Gasteiger partial charge in [-0.1, -0.05) is 52.0 Å². The second-order valence-corrected chi connectivity index (χ2v) is 8.13. The molecule has 0 aliphatic rings. The molecular weight excluding hydrogens is 372 g/mol. The summed E-state index contributed by atoms with van der Waals surface area (Å²) in [6.07, 6.45) is 0. The Morgan fingerprint density at radius 3 is 1.65 bits per heavy atom. The molecule has 0 aliphatic carbocycles. The summed E-state index contributed by atoms with van der Waals surface area (Å²) in [5.74, 6) is -8.05. The number of rotatable bonds is 4. The van der Waals surface area contributed by atoms with Crippen LogP contribution in [-0.4, -0.2) is 13.0 Å². The molecule has 0 amide bonds. The Hall–Kier alpha value is -1.93. The summed E-state index contributed by atoms with van der Waals surface area (Å²) in [5, 5.41) is 0. The normalized spacial score (nSPS) is 12.7. The molecule has 0 unspecified atom stereocenters. The van der Waals surface area contributed by atoms with Crippen LogP contribution < -0.4 is 0 Å². The Labute approximate surface area is 149 Å². The molecule has 142 valence electrons. The molecule has 0 heterocycles. The van der Waals surface area contributed by atoms with Crippen LogP contribution in [0.2, 0.25) is 0 Å². The van der Waals surface area contributed by atoms with Crippen molar-refractivity contribution >= 4 is 10.1 Å². The van der Waals surface area contributed by atoms with Gasteiger partial charge >= 0.3 is 0 Å². The van der Waals surface area contributed by atoms with Gasteiger partial charge in [-0.2, -0.15) is 0 Å². The van der Waals surface area contributed by atoms with E-state index in [9.17, 15) is 30.5 Å². The zero-order chi connectivity index (χ0) is 20.0. The first-order chi connectivity index (χ1) is 11.8.